The van der Waals surface area contributed by atoms with Crippen LogP contribution in [-0.2, 0) is 19.1 Å². The lowest BCUT2D eigenvalue weighted by molar-refractivity contribution is -0.149. The fourth-order valence-corrected chi connectivity index (χ4v) is 3.26. The summed E-state index contributed by atoms with van der Waals surface area (Å²) in [6.07, 6.45) is 4.31. The van der Waals surface area contributed by atoms with Crippen LogP contribution in [0.3, 0.4) is 0 Å². The van der Waals surface area contributed by atoms with Crippen LogP contribution in [0.5, 0.6) is 0 Å². The molecule has 134 valence electrons. The lowest BCUT2D eigenvalue weighted by atomic mass is 9.97. The average Bonchev–Trinajstić information content (AvgIpc) is 2.59. The minimum absolute atomic E-state index is 0.290. The highest BCUT2D eigenvalue weighted by molar-refractivity contribution is 9.10. The molecule has 1 aliphatic rings. The van der Waals surface area contributed by atoms with Crippen LogP contribution in [0.4, 0.5) is 0 Å². The first-order chi connectivity index (χ1) is 11.9. The number of aryl methyl sites for hydroxylation is 1. The molecule has 2 rings (SSSR count). The molecule has 0 radical (unpaired) electrons. The number of amides is 2. The second kappa shape index (κ2) is 8.80. The van der Waals surface area contributed by atoms with Crippen LogP contribution in [0.15, 0.2) is 28.7 Å². The van der Waals surface area contributed by atoms with Gasteiger partial charge in [-0.2, -0.15) is 0 Å². The average molecular weight is 409 g/mol. The van der Waals surface area contributed by atoms with Crippen molar-refractivity contribution < 1.29 is 19.1 Å². The van der Waals surface area contributed by atoms with Crippen LogP contribution >= 0.6 is 15.9 Å². The number of primary amides is 1. The first-order valence-corrected chi connectivity index (χ1v) is 8.84. The topological polar surface area (TPSA) is 89.7 Å². The number of ether oxygens (including phenoxy) is 1. The molecule has 1 heterocycles. The van der Waals surface area contributed by atoms with E-state index in [4.69, 9.17) is 10.5 Å². The number of carbonyl (C=O) groups excluding carboxylic acids is 3. The van der Waals surface area contributed by atoms with Gasteiger partial charge in [-0.3, -0.25) is 9.59 Å². The Labute approximate surface area is 155 Å². The van der Waals surface area contributed by atoms with Crippen molar-refractivity contribution in [3.05, 3.63) is 39.9 Å². The van der Waals surface area contributed by atoms with Gasteiger partial charge in [0.2, 0.25) is 5.91 Å². The molecule has 0 unspecified atom stereocenters. The Morgan fingerprint density at radius 3 is 2.84 bits per heavy atom. The highest BCUT2D eigenvalue weighted by atomic mass is 79.9. The van der Waals surface area contributed by atoms with Gasteiger partial charge in [0, 0.05) is 23.6 Å². The third kappa shape index (κ3) is 5.70. The number of esters is 1. The van der Waals surface area contributed by atoms with E-state index in [0.29, 0.717) is 19.4 Å². The summed E-state index contributed by atoms with van der Waals surface area (Å²) in [6.45, 7) is 2.47. The van der Waals surface area contributed by atoms with Gasteiger partial charge in [-0.05, 0) is 43.0 Å². The SMILES string of the molecule is Cc1ccc(/C=C/C(=O)OCC(=O)N2CCC[C@H](C(N)=O)C2)c(Br)c1. The van der Waals surface area contributed by atoms with E-state index in [0.717, 1.165) is 15.6 Å². The number of piperidine rings is 1. The van der Waals surface area contributed by atoms with Crippen molar-refractivity contribution >= 4 is 39.8 Å². The van der Waals surface area contributed by atoms with Gasteiger partial charge in [-0.25, -0.2) is 4.79 Å². The number of nitrogens with two attached hydrogens (primary N) is 1. The summed E-state index contributed by atoms with van der Waals surface area (Å²) in [6, 6.07) is 5.76. The van der Waals surface area contributed by atoms with Crippen molar-refractivity contribution in [3.63, 3.8) is 0 Å². The molecule has 2 N–H and O–H groups in total. The van der Waals surface area contributed by atoms with E-state index in [9.17, 15) is 14.4 Å². The van der Waals surface area contributed by atoms with Crippen LogP contribution < -0.4 is 5.73 Å². The Balaban J connectivity index is 1.83. The molecule has 1 aromatic carbocycles. The molecule has 1 saturated heterocycles. The number of hydrogen-bond donors (Lipinski definition) is 1. The smallest absolute Gasteiger partial charge is 0.331 e. The van der Waals surface area contributed by atoms with E-state index >= 15 is 0 Å². The van der Waals surface area contributed by atoms with E-state index in [1.165, 1.54) is 11.0 Å². The van der Waals surface area contributed by atoms with Gasteiger partial charge in [0.05, 0.1) is 5.92 Å². The van der Waals surface area contributed by atoms with Gasteiger partial charge in [0.25, 0.3) is 5.91 Å². The molecule has 1 fully saturated rings. The van der Waals surface area contributed by atoms with Gasteiger partial charge >= 0.3 is 5.97 Å². The van der Waals surface area contributed by atoms with Gasteiger partial charge in [0.1, 0.15) is 0 Å². The number of hydrogen-bond acceptors (Lipinski definition) is 4. The number of likely N-dealkylation sites (tertiary alicyclic amines) is 1. The predicted molar refractivity (Wildman–Crippen MR) is 97.4 cm³/mol. The molecule has 6 nitrogen and oxygen atoms in total. The second-order valence-electron chi connectivity index (χ2n) is 6.05. The van der Waals surface area contributed by atoms with E-state index in [1.807, 2.05) is 25.1 Å². The molecule has 0 spiro atoms. The summed E-state index contributed by atoms with van der Waals surface area (Å²) in [5, 5.41) is 0. The summed E-state index contributed by atoms with van der Waals surface area (Å²) in [4.78, 5) is 36.7. The molecule has 7 heteroatoms. The Morgan fingerprint density at radius 2 is 2.16 bits per heavy atom. The first-order valence-electron chi connectivity index (χ1n) is 8.05. The molecule has 0 aromatic heterocycles. The Morgan fingerprint density at radius 1 is 1.40 bits per heavy atom. The summed E-state index contributed by atoms with van der Waals surface area (Å²) in [7, 11) is 0. The second-order valence-corrected chi connectivity index (χ2v) is 6.90. The molecule has 25 heavy (non-hydrogen) atoms. The fourth-order valence-electron chi connectivity index (χ4n) is 2.63. The third-order valence-corrected chi connectivity index (χ3v) is 4.76. The third-order valence-electron chi connectivity index (χ3n) is 4.07. The fraction of sp³-hybridized carbons (Fsp3) is 0.389. The molecule has 1 atom stereocenters. The van der Waals surface area contributed by atoms with Crippen molar-refractivity contribution in [1.29, 1.82) is 0 Å². The number of rotatable bonds is 5. The first kappa shape index (κ1) is 19.2. The van der Waals surface area contributed by atoms with E-state index in [1.54, 1.807) is 6.08 Å². The minimum Gasteiger partial charge on any atom is -0.452 e. The highest BCUT2D eigenvalue weighted by Crippen LogP contribution is 2.19. The number of carbonyl (C=O) groups is 3. The standard InChI is InChI=1S/C18H21BrN2O4/c1-12-4-5-13(15(19)9-12)6-7-17(23)25-11-16(22)21-8-2-3-14(10-21)18(20)24/h4-7,9,14H,2-3,8,10-11H2,1H3,(H2,20,24)/b7-6+/t14-/m0/s1. The Bertz CT molecular complexity index is 702. The molecule has 1 aliphatic heterocycles. The monoisotopic (exact) mass is 408 g/mol. The minimum atomic E-state index is -0.593. The van der Waals surface area contributed by atoms with Crippen LogP contribution in [0.2, 0.25) is 0 Å². The predicted octanol–water partition coefficient (Wildman–Crippen LogP) is 2.04. The summed E-state index contributed by atoms with van der Waals surface area (Å²) >= 11 is 3.43. The molecule has 0 bridgehead atoms. The molecule has 1 aromatic rings. The molecule has 0 saturated carbocycles. The normalized spacial score (nSPS) is 17.5. The maximum atomic E-state index is 12.1. The molecule has 0 aliphatic carbocycles. The van der Waals surface area contributed by atoms with Crippen LogP contribution in [0, 0.1) is 12.8 Å². The maximum absolute atomic E-state index is 12.1. The summed E-state index contributed by atoms with van der Waals surface area (Å²) < 4.78 is 5.86. The number of halogens is 1. The largest absolute Gasteiger partial charge is 0.452 e. The molecule has 2 amide bonds. The van der Waals surface area contributed by atoms with E-state index in [2.05, 4.69) is 15.9 Å². The molecular weight excluding hydrogens is 388 g/mol. The van der Waals surface area contributed by atoms with Gasteiger partial charge in [-0.1, -0.05) is 28.1 Å². The quantitative estimate of drug-likeness (QED) is 0.596. The van der Waals surface area contributed by atoms with Gasteiger partial charge < -0.3 is 15.4 Å². The zero-order valence-corrected chi connectivity index (χ0v) is 15.6. The van der Waals surface area contributed by atoms with Crippen molar-refractivity contribution in [2.24, 2.45) is 11.7 Å². The van der Waals surface area contributed by atoms with Gasteiger partial charge in [0.15, 0.2) is 6.61 Å². The lowest BCUT2D eigenvalue weighted by Crippen LogP contribution is -2.45. The van der Waals surface area contributed by atoms with Crippen molar-refractivity contribution in [2.75, 3.05) is 19.7 Å². The zero-order chi connectivity index (χ0) is 18.4. The highest BCUT2D eigenvalue weighted by Gasteiger charge is 2.27. The summed E-state index contributed by atoms with van der Waals surface area (Å²) in [5.74, 6) is -1.64. The number of nitrogens with zero attached hydrogens (tertiary/aromatic N) is 1. The van der Waals surface area contributed by atoms with Crippen molar-refractivity contribution in [1.82, 2.24) is 4.90 Å². The lowest BCUT2D eigenvalue weighted by Gasteiger charge is -2.30. The van der Waals surface area contributed by atoms with E-state index in [-0.39, 0.29) is 25.0 Å². The van der Waals surface area contributed by atoms with Crippen molar-refractivity contribution in [2.45, 2.75) is 19.8 Å². The Kier molecular flexibility index (Phi) is 6.75. The Hall–Kier alpha value is -2.15. The molecular formula is C18H21BrN2O4. The van der Waals surface area contributed by atoms with Crippen LogP contribution in [0.1, 0.15) is 24.0 Å². The maximum Gasteiger partial charge on any atom is 0.331 e. The summed E-state index contributed by atoms with van der Waals surface area (Å²) in [5.41, 5.74) is 7.24. The van der Waals surface area contributed by atoms with Crippen molar-refractivity contribution in [3.8, 4) is 0 Å². The van der Waals surface area contributed by atoms with Crippen LogP contribution in [-0.4, -0.2) is 42.4 Å². The number of benzene rings is 1. The van der Waals surface area contributed by atoms with Gasteiger partial charge in [-0.15, -0.1) is 0 Å². The van der Waals surface area contributed by atoms with Crippen LogP contribution in [0.25, 0.3) is 6.08 Å². The van der Waals surface area contributed by atoms with E-state index < -0.39 is 11.9 Å². The zero-order valence-electron chi connectivity index (χ0n) is 14.0.